The largest absolute Gasteiger partial charge is 0.455 e. The van der Waals surface area contributed by atoms with Crippen LogP contribution in [0, 0.1) is 0 Å². The lowest BCUT2D eigenvalue weighted by atomic mass is 9.97. The third-order valence-electron chi connectivity index (χ3n) is 5.74. The summed E-state index contributed by atoms with van der Waals surface area (Å²) in [7, 11) is 1.62. The zero-order valence-corrected chi connectivity index (χ0v) is 19.9. The predicted molar refractivity (Wildman–Crippen MR) is 129 cm³/mol. The van der Waals surface area contributed by atoms with Crippen LogP contribution in [-0.4, -0.2) is 57.6 Å². The molecule has 33 heavy (non-hydrogen) atoms. The number of hydrogen-bond acceptors (Lipinski definition) is 7. The number of hydrogen-bond donors (Lipinski definition) is 1. The fourth-order valence-electron chi connectivity index (χ4n) is 3.67. The minimum atomic E-state index is -0.111. The molecule has 4 rings (SSSR count). The second kappa shape index (κ2) is 11.1. The Morgan fingerprint density at radius 2 is 1.79 bits per heavy atom. The summed E-state index contributed by atoms with van der Waals surface area (Å²) in [5, 5.41) is 3.54. The Labute approximate surface area is 198 Å². The molecular weight excluding hydrogens is 440 g/mol. The zero-order chi connectivity index (χ0) is 23.1. The van der Waals surface area contributed by atoms with Gasteiger partial charge in [-0.3, -0.25) is 9.78 Å². The molecule has 7 nitrogen and oxygen atoms in total. The van der Waals surface area contributed by atoms with Crippen molar-refractivity contribution in [1.29, 1.82) is 0 Å². The van der Waals surface area contributed by atoms with Gasteiger partial charge in [-0.05, 0) is 43.5 Å². The molecule has 0 bridgehead atoms. The number of nitrogens with zero attached hydrogens (tertiary/aromatic N) is 1. The van der Waals surface area contributed by atoms with Crippen LogP contribution in [0.5, 0.6) is 11.5 Å². The molecule has 1 aliphatic carbocycles. The summed E-state index contributed by atoms with van der Waals surface area (Å²) in [6, 6.07) is 10.0. The summed E-state index contributed by atoms with van der Waals surface area (Å²) in [6.45, 7) is 5.78. The fraction of sp³-hybridized carbons (Fsp3) is 0.440. The van der Waals surface area contributed by atoms with E-state index in [0.717, 1.165) is 28.7 Å². The summed E-state index contributed by atoms with van der Waals surface area (Å²) in [4.78, 5) is 16.9. The molecule has 8 heteroatoms. The maximum Gasteiger partial charge on any atom is 0.261 e. The molecule has 1 aliphatic rings. The van der Waals surface area contributed by atoms with Crippen molar-refractivity contribution in [2.45, 2.75) is 25.2 Å². The highest BCUT2D eigenvalue weighted by Crippen LogP contribution is 2.48. The van der Waals surface area contributed by atoms with Crippen molar-refractivity contribution in [2.24, 2.45) is 0 Å². The van der Waals surface area contributed by atoms with E-state index in [0.29, 0.717) is 50.3 Å². The molecule has 1 fully saturated rings. The van der Waals surface area contributed by atoms with Gasteiger partial charge < -0.3 is 24.3 Å². The Kier molecular flexibility index (Phi) is 7.93. The lowest BCUT2D eigenvalue weighted by Gasteiger charge is -2.17. The van der Waals surface area contributed by atoms with E-state index in [-0.39, 0.29) is 11.3 Å². The van der Waals surface area contributed by atoms with Crippen molar-refractivity contribution in [2.75, 3.05) is 46.7 Å². The van der Waals surface area contributed by atoms with Crippen molar-refractivity contribution in [3.63, 3.8) is 0 Å². The van der Waals surface area contributed by atoms with Crippen molar-refractivity contribution in [3.8, 4) is 11.5 Å². The van der Waals surface area contributed by atoms with Crippen LogP contribution < -0.4 is 10.1 Å². The quantitative estimate of drug-likeness (QED) is 0.369. The first kappa shape index (κ1) is 23.6. The van der Waals surface area contributed by atoms with Crippen molar-refractivity contribution >= 4 is 27.3 Å². The number of nitrogens with one attached hydrogen (secondary N) is 1. The first-order chi connectivity index (χ1) is 16.1. The number of fused-ring (bicyclic) bond motifs is 1. The molecule has 2 aromatic heterocycles. The van der Waals surface area contributed by atoms with E-state index in [2.05, 4.69) is 22.4 Å². The van der Waals surface area contributed by atoms with Crippen LogP contribution in [-0.2, 0) is 19.6 Å². The van der Waals surface area contributed by atoms with Crippen LogP contribution in [0.4, 0.5) is 0 Å². The van der Waals surface area contributed by atoms with Gasteiger partial charge in [0.15, 0.2) is 5.75 Å². The molecular formula is C25H30N2O5S. The molecule has 1 amide bonds. The van der Waals surface area contributed by atoms with Gasteiger partial charge in [-0.2, -0.15) is 0 Å². The zero-order valence-electron chi connectivity index (χ0n) is 19.1. The Morgan fingerprint density at radius 3 is 2.48 bits per heavy atom. The van der Waals surface area contributed by atoms with Gasteiger partial charge in [0.2, 0.25) is 0 Å². The van der Waals surface area contributed by atoms with Crippen LogP contribution in [0.3, 0.4) is 0 Å². The highest BCUT2D eigenvalue weighted by molar-refractivity contribution is 7.20. The van der Waals surface area contributed by atoms with Crippen LogP contribution in [0.1, 0.15) is 35.0 Å². The summed E-state index contributed by atoms with van der Waals surface area (Å²) < 4.78 is 23.7. The molecule has 0 saturated heterocycles. The lowest BCUT2D eigenvalue weighted by molar-refractivity contribution is 0.0124. The number of carbonyl (C=O) groups is 1. The van der Waals surface area contributed by atoms with Crippen molar-refractivity contribution in [3.05, 3.63) is 53.2 Å². The van der Waals surface area contributed by atoms with Crippen molar-refractivity contribution < 1.29 is 23.7 Å². The third-order valence-corrected chi connectivity index (χ3v) is 6.80. The molecule has 0 aliphatic heterocycles. The third kappa shape index (κ3) is 5.89. The molecule has 3 aromatic rings. The Bertz CT molecular complexity index is 1060. The molecule has 0 unspecified atom stereocenters. The van der Waals surface area contributed by atoms with Gasteiger partial charge in [0.25, 0.3) is 5.91 Å². The number of pyridine rings is 1. The minimum absolute atomic E-state index is 0.0984. The second-order valence-corrected chi connectivity index (χ2v) is 9.09. The van der Waals surface area contributed by atoms with Crippen molar-refractivity contribution in [1.82, 2.24) is 10.3 Å². The van der Waals surface area contributed by atoms with E-state index in [4.69, 9.17) is 18.9 Å². The summed E-state index contributed by atoms with van der Waals surface area (Å²) in [5.41, 5.74) is 1.36. The fourth-order valence-corrected chi connectivity index (χ4v) is 4.66. The van der Waals surface area contributed by atoms with Gasteiger partial charge in [-0.1, -0.05) is 12.1 Å². The number of benzene rings is 1. The topological polar surface area (TPSA) is 78.9 Å². The molecule has 2 heterocycles. The minimum Gasteiger partial charge on any atom is -0.455 e. The monoisotopic (exact) mass is 470 g/mol. The number of carbonyl (C=O) groups excluding carboxylic acids is 1. The van der Waals surface area contributed by atoms with Gasteiger partial charge in [-0.15, -0.1) is 11.3 Å². The Morgan fingerprint density at radius 1 is 1.06 bits per heavy atom. The summed E-state index contributed by atoms with van der Waals surface area (Å²) in [6.07, 6.45) is 5.68. The van der Waals surface area contributed by atoms with Gasteiger partial charge in [-0.25, -0.2) is 0 Å². The van der Waals surface area contributed by atoms with Gasteiger partial charge >= 0.3 is 0 Å². The first-order valence-corrected chi connectivity index (χ1v) is 12.1. The predicted octanol–water partition coefficient (Wildman–Crippen LogP) is 4.55. The SMILES string of the molecule is CCOCCOCCOCC1(c2ccc(Oc3cncc4sc(C(=O)NC)cc34)cc2)CC1. The number of ether oxygens (including phenoxy) is 4. The standard InChI is InChI=1S/C25H30N2O5S/c1-3-29-10-11-30-12-13-31-17-25(8-9-25)18-4-6-19(7-5-18)32-21-15-27-16-23-20(21)14-22(33-23)24(28)26-2/h4-7,14-16H,3,8-13,17H2,1-2H3,(H,26,28). The molecule has 0 atom stereocenters. The average Bonchev–Trinajstić information content (AvgIpc) is 3.50. The summed E-state index contributed by atoms with van der Waals surface area (Å²) >= 11 is 1.40. The number of thiophene rings is 1. The van der Waals surface area contributed by atoms with E-state index in [1.807, 2.05) is 25.1 Å². The molecule has 1 aromatic carbocycles. The van der Waals surface area contributed by atoms with E-state index < -0.39 is 0 Å². The van der Waals surface area contributed by atoms with Gasteiger partial charge in [0.1, 0.15) is 5.75 Å². The first-order valence-electron chi connectivity index (χ1n) is 11.3. The normalized spacial score (nSPS) is 14.4. The highest BCUT2D eigenvalue weighted by Gasteiger charge is 2.44. The van der Waals surface area contributed by atoms with Crippen LogP contribution in [0.2, 0.25) is 0 Å². The number of rotatable bonds is 13. The number of amides is 1. The smallest absolute Gasteiger partial charge is 0.261 e. The molecule has 176 valence electrons. The lowest BCUT2D eigenvalue weighted by Crippen LogP contribution is -2.18. The van der Waals surface area contributed by atoms with Crippen LogP contribution in [0.15, 0.2) is 42.7 Å². The highest BCUT2D eigenvalue weighted by atomic mass is 32.1. The molecule has 1 N–H and O–H groups in total. The average molecular weight is 471 g/mol. The maximum atomic E-state index is 12.0. The van der Waals surface area contributed by atoms with Crippen LogP contribution in [0.25, 0.3) is 10.1 Å². The number of aromatic nitrogens is 1. The molecule has 0 spiro atoms. The van der Waals surface area contributed by atoms with E-state index >= 15 is 0 Å². The molecule has 0 radical (unpaired) electrons. The van der Waals surface area contributed by atoms with E-state index in [9.17, 15) is 4.79 Å². The summed E-state index contributed by atoms with van der Waals surface area (Å²) in [5.74, 6) is 1.26. The Hall–Kier alpha value is -2.52. The van der Waals surface area contributed by atoms with Crippen LogP contribution >= 0.6 is 11.3 Å². The Balaban J connectivity index is 1.32. The van der Waals surface area contributed by atoms with Gasteiger partial charge in [0.05, 0.1) is 48.8 Å². The maximum absolute atomic E-state index is 12.0. The molecule has 1 saturated carbocycles. The van der Waals surface area contributed by atoms with Gasteiger partial charge in [0, 0.05) is 30.7 Å². The second-order valence-electron chi connectivity index (χ2n) is 8.01. The van der Waals surface area contributed by atoms with E-state index in [1.54, 1.807) is 19.4 Å². The van der Waals surface area contributed by atoms with E-state index in [1.165, 1.54) is 16.9 Å².